The Morgan fingerprint density at radius 2 is 1.83 bits per heavy atom. The summed E-state index contributed by atoms with van der Waals surface area (Å²) in [6.07, 6.45) is 2.93. The number of hydrogen-bond donors (Lipinski definition) is 1. The summed E-state index contributed by atoms with van der Waals surface area (Å²) in [6, 6.07) is 3.63. The Labute approximate surface area is 209 Å². The Kier molecular flexibility index (Phi) is 12.2. The number of nitrogens with two attached hydrogens (primary N) is 1. The van der Waals surface area contributed by atoms with Crippen molar-refractivity contribution in [3.63, 3.8) is 0 Å². The van der Waals surface area contributed by atoms with Gasteiger partial charge in [0.15, 0.2) is 0 Å². The van der Waals surface area contributed by atoms with Crippen LogP contribution in [0, 0.1) is 11.8 Å². The Hall–Kier alpha value is -2.13. The molecule has 35 heavy (non-hydrogen) atoms. The summed E-state index contributed by atoms with van der Waals surface area (Å²) in [7, 11) is 1.79. The minimum absolute atomic E-state index is 0. The van der Waals surface area contributed by atoms with E-state index in [1.165, 1.54) is 32.0 Å². The fraction of sp³-hybridized carbons (Fsp3) is 0.692. The number of nitrogens with zero attached hydrogens (tertiary/aromatic N) is 4. The van der Waals surface area contributed by atoms with Crippen LogP contribution in [0.1, 0.15) is 72.9 Å². The lowest BCUT2D eigenvalue weighted by molar-refractivity contribution is -0.137. The predicted octanol–water partition coefficient (Wildman–Crippen LogP) is 6.54. The van der Waals surface area contributed by atoms with E-state index in [1.54, 1.807) is 24.1 Å². The van der Waals surface area contributed by atoms with E-state index in [0.29, 0.717) is 11.3 Å². The Bertz CT molecular complexity index is 874. The normalized spacial score (nSPS) is 20.4. The number of pyridine rings is 1. The van der Waals surface area contributed by atoms with Crippen LogP contribution < -0.4 is 5.73 Å². The predicted molar refractivity (Wildman–Crippen MR) is 137 cm³/mol. The Balaban J connectivity index is 0.000000335. The number of ether oxygens (including phenoxy) is 1. The van der Waals surface area contributed by atoms with E-state index in [1.807, 2.05) is 27.7 Å². The van der Waals surface area contributed by atoms with Crippen molar-refractivity contribution in [1.29, 1.82) is 0 Å². The fourth-order valence-electron chi connectivity index (χ4n) is 4.41. The fourth-order valence-corrected chi connectivity index (χ4v) is 4.41. The molecule has 2 aromatic heterocycles. The van der Waals surface area contributed by atoms with Crippen molar-refractivity contribution in [2.45, 2.75) is 79.6 Å². The standard InChI is InChI=1S/C12H13F3N4.C11H21NO.C2H6.CH4/c1-7(2)19-4-3-10(18-19)8-5-9(12(13,14)15)11(16)17-6-8;1-3-12(4-5-13-2)11-7-9-6-10(9)8-11;1-2;/h3-7H,1-2H3,(H2,16,17);9-11H,3-8H2,1-2H3;1-2H3;1H4/t;9-,10?,11?;;/m.1../s1. The van der Waals surface area contributed by atoms with Gasteiger partial charge in [-0.05, 0) is 63.6 Å². The van der Waals surface area contributed by atoms with Gasteiger partial charge in [-0.2, -0.15) is 18.3 Å². The van der Waals surface area contributed by atoms with E-state index < -0.39 is 17.6 Å². The first kappa shape index (κ1) is 30.9. The van der Waals surface area contributed by atoms with E-state index in [4.69, 9.17) is 10.5 Å². The third-order valence-electron chi connectivity index (χ3n) is 6.38. The molecule has 0 saturated heterocycles. The van der Waals surface area contributed by atoms with Gasteiger partial charge in [0.1, 0.15) is 5.82 Å². The van der Waals surface area contributed by atoms with Gasteiger partial charge in [0.05, 0.1) is 17.9 Å². The molecule has 3 atom stereocenters. The molecule has 2 saturated carbocycles. The first-order chi connectivity index (χ1) is 16.1. The molecule has 0 aromatic carbocycles. The molecule has 0 spiro atoms. The monoisotopic (exact) mass is 499 g/mol. The van der Waals surface area contributed by atoms with E-state index in [2.05, 4.69) is 21.9 Å². The van der Waals surface area contributed by atoms with Gasteiger partial charge in [-0.25, -0.2) is 4.98 Å². The molecule has 2 aliphatic carbocycles. The summed E-state index contributed by atoms with van der Waals surface area (Å²) in [6.45, 7) is 13.3. The highest BCUT2D eigenvalue weighted by Crippen LogP contribution is 2.52. The second-order valence-electron chi connectivity index (χ2n) is 8.93. The number of halogens is 3. The molecule has 2 aliphatic rings. The maximum absolute atomic E-state index is 12.7. The zero-order valence-electron chi connectivity index (χ0n) is 21.3. The number of rotatable bonds is 7. The van der Waals surface area contributed by atoms with E-state index in [0.717, 1.165) is 37.1 Å². The number of methoxy groups -OCH3 is 1. The van der Waals surface area contributed by atoms with E-state index in [9.17, 15) is 13.2 Å². The summed E-state index contributed by atoms with van der Waals surface area (Å²) in [5.41, 5.74) is 5.04. The molecule has 4 rings (SSSR count). The number of nitrogen functional groups attached to an aromatic ring is 1. The molecule has 2 aromatic rings. The average Bonchev–Trinajstić information content (AvgIpc) is 3.17. The summed E-state index contributed by atoms with van der Waals surface area (Å²) in [4.78, 5) is 6.18. The number of alkyl halides is 3. The molecule has 2 fully saturated rings. The zero-order chi connectivity index (χ0) is 25.5. The largest absolute Gasteiger partial charge is 0.419 e. The van der Waals surface area contributed by atoms with Crippen LogP contribution in [0.4, 0.5) is 19.0 Å². The third kappa shape index (κ3) is 8.49. The number of likely N-dealkylation sites (N-methyl/N-ethyl adjacent to an activating group) is 1. The minimum Gasteiger partial charge on any atom is -0.383 e. The molecule has 2 N–H and O–H groups in total. The SMILES string of the molecule is C.CC.CC(C)n1ccc(-c2cnc(N)c(C(F)(F)F)c2)n1.CCN(CCOC)C1CC2C[C@@H]2C1. The maximum Gasteiger partial charge on any atom is 0.419 e. The van der Waals surface area contributed by atoms with Crippen molar-refractivity contribution in [1.82, 2.24) is 19.7 Å². The van der Waals surface area contributed by atoms with Crippen molar-refractivity contribution in [3.05, 3.63) is 30.1 Å². The van der Waals surface area contributed by atoms with Crippen molar-refractivity contribution >= 4 is 5.82 Å². The molecule has 0 aliphatic heterocycles. The molecule has 0 bridgehead atoms. The van der Waals surface area contributed by atoms with Gasteiger partial charge in [0, 0.05) is 43.7 Å². The zero-order valence-corrected chi connectivity index (χ0v) is 21.3. The highest BCUT2D eigenvalue weighted by molar-refractivity contribution is 5.61. The van der Waals surface area contributed by atoms with E-state index in [-0.39, 0.29) is 13.5 Å². The molecular weight excluding hydrogens is 455 g/mol. The molecule has 2 unspecified atom stereocenters. The van der Waals surface area contributed by atoms with Crippen LogP contribution in [-0.2, 0) is 10.9 Å². The lowest BCUT2D eigenvalue weighted by Crippen LogP contribution is -2.36. The van der Waals surface area contributed by atoms with Crippen LogP contribution in [0.3, 0.4) is 0 Å². The van der Waals surface area contributed by atoms with Crippen LogP contribution in [0.2, 0.25) is 0 Å². The lowest BCUT2D eigenvalue weighted by Gasteiger charge is -2.28. The van der Waals surface area contributed by atoms with Crippen LogP contribution >= 0.6 is 0 Å². The second-order valence-corrected chi connectivity index (χ2v) is 8.93. The average molecular weight is 500 g/mol. The van der Waals surface area contributed by atoms with Gasteiger partial charge in [0.25, 0.3) is 0 Å². The molecule has 200 valence electrons. The number of anilines is 1. The Morgan fingerprint density at radius 1 is 1.20 bits per heavy atom. The van der Waals surface area contributed by atoms with Crippen molar-refractivity contribution in [2.75, 3.05) is 32.5 Å². The minimum atomic E-state index is -4.52. The van der Waals surface area contributed by atoms with Gasteiger partial charge < -0.3 is 10.5 Å². The molecule has 0 amide bonds. The molecular formula is C26H44F3N5O. The quantitative estimate of drug-likeness (QED) is 0.468. The van der Waals surface area contributed by atoms with Gasteiger partial charge in [0.2, 0.25) is 0 Å². The van der Waals surface area contributed by atoms with Crippen molar-refractivity contribution < 1.29 is 17.9 Å². The summed E-state index contributed by atoms with van der Waals surface area (Å²) in [5, 5.41) is 4.20. The van der Waals surface area contributed by atoms with Crippen LogP contribution in [0.25, 0.3) is 11.3 Å². The highest BCUT2D eigenvalue weighted by atomic mass is 19.4. The summed E-state index contributed by atoms with van der Waals surface area (Å²) < 4.78 is 45.0. The van der Waals surface area contributed by atoms with Crippen LogP contribution in [0.15, 0.2) is 24.5 Å². The number of fused-ring (bicyclic) bond motifs is 1. The first-order valence-electron chi connectivity index (χ1n) is 12.2. The van der Waals surface area contributed by atoms with Gasteiger partial charge in [-0.3, -0.25) is 9.58 Å². The lowest BCUT2D eigenvalue weighted by atomic mass is 10.1. The maximum atomic E-state index is 12.7. The molecule has 9 heteroatoms. The Morgan fingerprint density at radius 3 is 2.31 bits per heavy atom. The second kappa shape index (κ2) is 13.8. The van der Waals surface area contributed by atoms with Gasteiger partial charge in [-0.15, -0.1) is 0 Å². The summed E-state index contributed by atoms with van der Waals surface area (Å²) in [5.74, 6) is 1.67. The van der Waals surface area contributed by atoms with Gasteiger partial charge in [-0.1, -0.05) is 28.2 Å². The molecule has 6 nitrogen and oxygen atoms in total. The number of hydrogen-bond acceptors (Lipinski definition) is 5. The third-order valence-corrected chi connectivity index (χ3v) is 6.38. The van der Waals surface area contributed by atoms with Crippen LogP contribution in [0.5, 0.6) is 0 Å². The highest BCUT2D eigenvalue weighted by Gasteiger charge is 2.47. The molecule has 0 radical (unpaired) electrons. The topological polar surface area (TPSA) is 69.2 Å². The number of aromatic nitrogens is 3. The van der Waals surface area contributed by atoms with Gasteiger partial charge >= 0.3 is 6.18 Å². The molecule has 2 heterocycles. The first-order valence-corrected chi connectivity index (χ1v) is 12.2. The van der Waals surface area contributed by atoms with E-state index >= 15 is 0 Å². The summed E-state index contributed by atoms with van der Waals surface area (Å²) >= 11 is 0. The van der Waals surface area contributed by atoms with Crippen molar-refractivity contribution in [2.24, 2.45) is 11.8 Å². The van der Waals surface area contributed by atoms with Crippen molar-refractivity contribution in [3.8, 4) is 11.3 Å². The smallest absolute Gasteiger partial charge is 0.383 e. The van der Waals surface area contributed by atoms with Crippen LogP contribution in [-0.4, -0.2) is 52.5 Å².